The molecule has 3 nitrogen and oxygen atoms in total. The van der Waals surface area contributed by atoms with Crippen LogP contribution in [0.2, 0.25) is 5.02 Å². The van der Waals surface area contributed by atoms with Crippen molar-refractivity contribution in [1.29, 1.82) is 0 Å². The normalized spacial score (nSPS) is 10.3. The van der Waals surface area contributed by atoms with Gasteiger partial charge in [-0.2, -0.15) is 0 Å². The number of rotatable bonds is 4. The third kappa shape index (κ3) is 4.23. The highest BCUT2D eigenvalue weighted by Gasteiger charge is 2.08. The molecule has 0 aliphatic carbocycles. The molecule has 0 radical (unpaired) electrons. The third-order valence-electron chi connectivity index (χ3n) is 3.19. The zero-order valence-electron chi connectivity index (χ0n) is 12.3. The van der Waals surface area contributed by atoms with Crippen molar-refractivity contribution in [1.82, 2.24) is 0 Å². The summed E-state index contributed by atoms with van der Waals surface area (Å²) in [6, 6.07) is 10.8. The Morgan fingerprint density at radius 2 is 1.76 bits per heavy atom. The van der Waals surface area contributed by atoms with Crippen LogP contribution in [-0.2, 0) is 4.79 Å². The lowest BCUT2D eigenvalue weighted by atomic mass is 10.1. The Labute approximate surface area is 129 Å². The molecule has 21 heavy (non-hydrogen) atoms. The molecule has 0 heterocycles. The molecule has 2 rings (SSSR count). The van der Waals surface area contributed by atoms with E-state index in [0.717, 1.165) is 16.7 Å². The van der Waals surface area contributed by atoms with Gasteiger partial charge in [-0.1, -0.05) is 17.7 Å². The fraction of sp³-hybridized carbons (Fsp3) is 0.235. The summed E-state index contributed by atoms with van der Waals surface area (Å²) in [5.41, 5.74) is 3.11. The molecule has 0 atom stereocenters. The van der Waals surface area contributed by atoms with Crippen molar-refractivity contribution >= 4 is 17.6 Å². The fourth-order valence-corrected chi connectivity index (χ4v) is 2.08. The summed E-state index contributed by atoms with van der Waals surface area (Å²) in [5, 5.41) is 0.637. The molecule has 0 fully saturated rings. The predicted molar refractivity (Wildman–Crippen MR) is 83.2 cm³/mol. The van der Waals surface area contributed by atoms with Gasteiger partial charge in [0, 0.05) is 5.02 Å². The van der Waals surface area contributed by atoms with Gasteiger partial charge in [-0.3, -0.25) is 0 Å². The van der Waals surface area contributed by atoms with E-state index in [1.807, 2.05) is 32.9 Å². The Bertz CT molecular complexity index is 665. The molecule has 2 aromatic carbocycles. The van der Waals surface area contributed by atoms with E-state index < -0.39 is 5.97 Å². The number of ether oxygens (including phenoxy) is 2. The van der Waals surface area contributed by atoms with Crippen LogP contribution >= 0.6 is 11.6 Å². The van der Waals surface area contributed by atoms with Crippen molar-refractivity contribution in [3.63, 3.8) is 0 Å². The summed E-state index contributed by atoms with van der Waals surface area (Å²) < 4.78 is 10.7. The topological polar surface area (TPSA) is 35.5 Å². The van der Waals surface area contributed by atoms with E-state index in [0.29, 0.717) is 16.5 Å². The van der Waals surface area contributed by atoms with E-state index in [4.69, 9.17) is 21.1 Å². The molecule has 110 valence electrons. The van der Waals surface area contributed by atoms with Crippen LogP contribution in [0.25, 0.3) is 0 Å². The van der Waals surface area contributed by atoms with Crippen LogP contribution in [0, 0.1) is 20.8 Å². The van der Waals surface area contributed by atoms with E-state index in [-0.39, 0.29) is 6.61 Å². The minimum Gasteiger partial charge on any atom is -0.482 e. The van der Waals surface area contributed by atoms with Gasteiger partial charge >= 0.3 is 5.97 Å². The van der Waals surface area contributed by atoms with Crippen LogP contribution in [0.15, 0.2) is 36.4 Å². The highest BCUT2D eigenvalue weighted by atomic mass is 35.5. The predicted octanol–water partition coefficient (Wildman–Crippen LogP) is 4.25. The summed E-state index contributed by atoms with van der Waals surface area (Å²) in [6.07, 6.45) is 0. The van der Waals surface area contributed by atoms with Gasteiger partial charge in [0.2, 0.25) is 0 Å². The summed E-state index contributed by atoms with van der Waals surface area (Å²) in [5.74, 6) is 0.712. The maximum absolute atomic E-state index is 11.8. The number of halogens is 1. The van der Waals surface area contributed by atoms with Crippen LogP contribution in [0.1, 0.15) is 16.7 Å². The molecule has 4 heteroatoms. The smallest absolute Gasteiger partial charge is 0.349 e. The first kappa shape index (κ1) is 15.4. The Hall–Kier alpha value is -2.00. The van der Waals surface area contributed by atoms with Gasteiger partial charge in [0.05, 0.1) is 0 Å². The Balaban J connectivity index is 1.94. The lowest BCUT2D eigenvalue weighted by molar-refractivity contribution is -0.136. The zero-order chi connectivity index (χ0) is 15.4. The fourth-order valence-electron chi connectivity index (χ4n) is 1.85. The molecule has 0 saturated carbocycles. The second-order valence-electron chi connectivity index (χ2n) is 4.92. The summed E-state index contributed by atoms with van der Waals surface area (Å²) >= 11 is 5.87. The molecule has 0 unspecified atom stereocenters. The number of aryl methyl sites for hydroxylation is 3. The van der Waals surface area contributed by atoms with Crippen molar-refractivity contribution in [2.45, 2.75) is 20.8 Å². The lowest BCUT2D eigenvalue weighted by Crippen LogP contribution is -2.18. The van der Waals surface area contributed by atoms with Gasteiger partial charge in [0.1, 0.15) is 11.5 Å². The molecule has 0 spiro atoms. The molecule has 0 aromatic heterocycles. The minimum absolute atomic E-state index is 0.143. The highest BCUT2D eigenvalue weighted by Crippen LogP contribution is 2.22. The number of hydrogen-bond donors (Lipinski definition) is 0. The van der Waals surface area contributed by atoms with Gasteiger partial charge in [-0.15, -0.1) is 0 Å². The number of carbonyl (C=O) groups is 1. The quantitative estimate of drug-likeness (QED) is 0.626. The maximum atomic E-state index is 11.8. The van der Waals surface area contributed by atoms with Gasteiger partial charge in [-0.25, -0.2) is 4.79 Å². The van der Waals surface area contributed by atoms with E-state index in [9.17, 15) is 4.79 Å². The summed E-state index contributed by atoms with van der Waals surface area (Å²) in [6.45, 7) is 5.71. The van der Waals surface area contributed by atoms with Gasteiger partial charge < -0.3 is 9.47 Å². The molecular formula is C17H17ClO3. The minimum atomic E-state index is -0.437. The number of hydrogen-bond acceptors (Lipinski definition) is 3. The second-order valence-corrected chi connectivity index (χ2v) is 5.36. The Morgan fingerprint density at radius 3 is 2.43 bits per heavy atom. The SMILES string of the molecule is Cc1ccc(OC(=O)COc2ccc(Cl)cc2C)cc1C. The number of carbonyl (C=O) groups excluding carboxylic acids is 1. The number of esters is 1. The van der Waals surface area contributed by atoms with Crippen LogP contribution in [0.3, 0.4) is 0 Å². The van der Waals surface area contributed by atoms with Gasteiger partial charge in [0.15, 0.2) is 6.61 Å². The van der Waals surface area contributed by atoms with E-state index in [1.54, 1.807) is 24.3 Å². The largest absolute Gasteiger partial charge is 0.482 e. The van der Waals surface area contributed by atoms with Crippen LogP contribution < -0.4 is 9.47 Å². The van der Waals surface area contributed by atoms with E-state index in [2.05, 4.69) is 0 Å². The van der Waals surface area contributed by atoms with Gasteiger partial charge in [0.25, 0.3) is 0 Å². The van der Waals surface area contributed by atoms with E-state index >= 15 is 0 Å². The molecule has 0 aliphatic heterocycles. The van der Waals surface area contributed by atoms with Crippen LogP contribution in [-0.4, -0.2) is 12.6 Å². The third-order valence-corrected chi connectivity index (χ3v) is 3.43. The summed E-state index contributed by atoms with van der Waals surface area (Å²) in [4.78, 5) is 11.8. The lowest BCUT2D eigenvalue weighted by Gasteiger charge is -2.10. The van der Waals surface area contributed by atoms with E-state index in [1.165, 1.54) is 0 Å². The average molecular weight is 305 g/mol. The number of benzene rings is 2. The monoisotopic (exact) mass is 304 g/mol. The van der Waals surface area contributed by atoms with Crippen molar-refractivity contribution < 1.29 is 14.3 Å². The molecule has 2 aromatic rings. The maximum Gasteiger partial charge on any atom is 0.349 e. The molecule has 0 bridgehead atoms. The van der Waals surface area contributed by atoms with Crippen molar-refractivity contribution in [2.75, 3.05) is 6.61 Å². The van der Waals surface area contributed by atoms with Crippen LogP contribution in [0.5, 0.6) is 11.5 Å². The van der Waals surface area contributed by atoms with Crippen molar-refractivity contribution in [2.24, 2.45) is 0 Å². The molecular weight excluding hydrogens is 288 g/mol. The molecule has 0 aliphatic rings. The second kappa shape index (κ2) is 6.64. The first-order valence-corrected chi connectivity index (χ1v) is 7.00. The van der Waals surface area contributed by atoms with Crippen molar-refractivity contribution in [3.05, 3.63) is 58.1 Å². The van der Waals surface area contributed by atoms with Crippen molar-refractivity contribution in [3.8, 4) is 11.5 Å². The Kier molecular flexibility index (Phi) is 4.86. The highest BCUT2D eigenvalue weighted by molar-refractivity contribution is 6.30. The first-order chi connectivity index (χ1) is 9.95. The molecule has 0 amide bonds. The van der Waals surface area contributed by atoms with Gasteiger partial charge in [-0.05, 0) is 67.8 Å². The summed E-state index contributed by atoms with van der Waals surface area (Å²) in [7, 11) is 0. The molecule has 0 saturated heterocycles. The molecule has 0 N–H and O–H groups in total. The zero-order valence-corrected chi connectivity index (χ0v) is 13.0. The Morgan fingerprint density at radius 1 is 1.00 bits per heavy atom. The first-order valence-electron chi connectivity index (χ1n) is 6.62. The standard InChI is InChI=1S/C17H17ClO3/c1-11-4-6-15(9-12(11)2)21-17(19)10-20-16-7-5-14(18)8-13(16)3/h4-9H,10H2,1-3H3. The average Bonchev–Trinajstić information content (AvgIpc) is 2.42. The van der Waals surface area contributed by atoms with Crippen LogP contribution in [0.4, 0.5) is 0 Å².